The van der Waals surface area contributed by atoms with E-state index < -0.39 is 33.1 Å². The summed E-state index contributed by atoms with van der Waals surface area (Å²) in [6.07, 6.45) is 0.108. The lowest BCUT2D eigenvalue weighted by molar-refractivity contribution is -0.153. The molecule has 1 saturated carbocycles. The van der Waals surface area contributed by atoms with Crippen LogP contribution < -0.4 is 0 Å². The Labute approximate surface area is 154 Å². The highest BCUT2D eigenvalue weighted by atomic mass is 32.2. The molecule has 11 heteroatoms. The molecule has 1 aliphatic rings. The van der Waals surface area contributed by atoms with E-state index in [0.717, 1.165) is 13.1 Å². The maximum absolute atomic E-state index is 12.8. The molecular weight excluding hydrogens is 376 g/mol. The van der Waals surface area contributed by atoms with Crippen LogP contribution in [0.4, 0.5) is 0 Å². The van der Waals surface area contributed by atoms with Crippen LogP contribution in [0.15, 0.2) is 29.2 Å². The number of hydrogen-bond donors (Lipinski definition) is 1. The SMILES string of the molecule is CN(C1(C(=O)OC(C#N)(C#N)C#N)CC1)S(=O)(=O)c1cccc(C(=O)O)c1. The Kier molecular flexibility index (Phi) is 4.92. The zero-order chi connectivity index (χ0) is 20.5. The maximum atomic E-state index is 12.8. The average Bonchev–Trinajstić information content (AvgIpc) is 3.47. The highest BCUT2D eigenvalue weighted by Gasteiger charge is 2.60. The number of carbonyl (C=O) groups is 2. The van der Waals surface area contributed by atoms with E-state index in [9.17, 15) is 18.0 Å². The van der Waals surface area contributed by atoms with Crippen LogP contribution in [0.2, 0.25) is 0 Å². The van der Waals surface area contributed by atoms with Crippen molar-refractivity contribution in [1.82, 2.24) is 4.31 Å². The van der Waals surface area contributed by atoms with Gasteiger partial charge in [0.15, 0.2) is 0 Å². The second kappa shape index (κ2) is 6.69. The third kappa shape index (κ3) is 3.32. The van der Waals surface area contributed by atoms with Crippen LogP contribution in [0.25, 0.3) is 0 Å². The van der Waals surface area contributed by atoms with Gasteiger partial charge in [0.25, 0.3) is 0 Å². The van der Waals surface area contributed by atoms with E-state index in [1.807, 2.05) is 0 Å². The van der Waals surface area contributed by atoms with Gasteiger partial charge in [-0.05, 0) is 31.0 Å². The van der Waals surface area contributed by atoms with Gasteiger partial charge in [-0.1, -0.05) is 6.07 Å². The molecule has 0 aliphatic heterocycles. The number of esters is 1. The number of nitriles is 3. The molecule has 2 rings (SSSR count). The Bertz CT molecular complexity index is 1000. The molecule has 0 heterocycles. The normalized spacial score (nSPS) is 15.1. The number of nitrogens with zero attached hydrogens (tertiary/aromatic N) is 4. The lowest BCUT2D eigenvalue weighted by Gasteiger charge is -2.27. The van der Waals surface area contributed by atoms with Crippen molar-refractivity contribution in [3.8, 4) is 18.2 Å². The van der Waals surface area contributed by atoms with Crippen molar-refractivity contribution in [3.05, 3.63) is 29.8 Å². The van der Waals surface area contributed by atoms with Gasteiger partial charge in [0, 0.05) is 7.05 Å². The van der Waals surface area contributed by atoms with Gasteiger partial charge in [-0.2, -0.15) is 20.1 Å². The molecule has 27 heavy (non-hydrogen) atoms. The molecule has 0 saturated heterocycles. The number of sulfonamides is 1. The molecule has 1 aromatic carbocycles. The number of carbonyl (C=O) groups excluding carboxylic acids is 1. The molecule has 1 fully saturated rings. The standard InChI is InChI=1S/C16H12N4O6S/c1-20(27(24,25)12-4-2-3-11(7-12)13(21)22)16(5-6-16)14(23)26-15(8-17,9-18)10-19/h2-4,7H,5-6H2,1H3,(H,21,22). The molecule has 1 N–H and O–H groups in total. The molecule has 138 valence electrons. The predicted molar refractivity (Wildman–Crippen MR) is 86.0 cm³/mol. The third-order valence-corrected chi connectivity index (χ3v) is 6.08. The van der Waals surface area contributed by atoms with Gasteiger partial charge < -0.3 is 9.84 Å². The van der Waals surface area contributed by atoms with E-state index in [2.05, 4.69) is 0 Å². The summed E-state index contributed by atoms with van der Waals surface area (Å²) in [6.45, 7) is 0. The third-order valence-electron chi connectivity index (χ3n) is 4.16. The van der Waals surface area contributed by atoms with Crippen LogP contribution in [0.1, 0.15) is 23.2 Å². The first kappa shape index (κ1) is 19.9. The minimum Gasteiger partial charge on any atom is -0.478 e. The molecule has 0 atom stereocenters. The lowest BCUT2D eigenvalue weighted by atomic mass is 10.1. The maximum Gasteiger partial charge on any atom is 0.369 e. The number of aromatic carboxylic acids is 1. The fourth-order valence-corrected chi connectivity index (χ4v) is 3.88. The molecular formula is C16H12N4O6S. The van der Waals surface area contributed by atoms with Crippen molar-refractivity contribution in [1.29, 1.82) is 15.8 Å². The summed E-state index contributed by atoms with van der Waals surface area (Å²) in [6, 6.07) is 8.40. The lowest BCUT2D eigenvalue weighted by Crippen LogP contribution is -2.48. The second-order valence-electron chi connectivity index (χ2n) is 5.74. The first-order valence-corrected chi connectivity index (χ1v) is 8.82. The number of rotatable bonds is 6. The molecule has 0 radical (unpaired) electrons. The first-order valence-electron chi connectivity index (χ1n) is 7.38. The minimum atomic E-state index is -4.29. The number of hydrogen-bond acceptors (Lipinski definition) is 8. The zero-order valence-electron chi connectivity index (χ0n) is 13.9. The van der Waals surface area contributed by atoms with Crippen molar-refractivity contribution in [2.75, 3.05) is 7.05 Å². The molecule has 1 aromatic rings. The summed E-state index contributed by atoms with van der Waals surface area (Å²) in [5.41, 5.74) is -4.61. The Morgan fingerprint density at radius 2 is 1.78 bits per heavy atom. The summed E-state index contributed by atoms with van der Waals surface area (Å²) in [5, 5.41) is 35.7. The first-order chi connectivity index (χ1) is 12.6. The molecule has 0 aromatic heterocycles. The van der Waals surface area contributed by atoms with E-state index in [1.165, 1.54) is 36.4 Å². The Morgan fingerprint density at radius 1 is 1.22 bits per heavy atom. The molecule has 0 unspecified atom stereocenters. The number of likely N-dealkylation sites (N-methyl/N-ethyl adjacent to an activating group) is 1. The zero-order valence-corrected chi connectivity index (χ0v) is 14.7. The van der Waals surface area contributed by atoms with Crippen molar-refractivity contribution in [3.63, 3.8) is 0 Å². The van der Waals surface area contributed by atoms with E-state index in [0.29, 0.717) is 4.31 Å². The summed E-state index contributed by atoms with van der Waals surface area (Å²) in [4.78, 5) is 23.1. The van der Waals surface area contributed by atoms with Crippen LogP contribution in [0.3, 0.4) is 0 Å². The van der Waals surface area contributed by atoms with Gasteiger partial charge >= 0.3 is 17.5 Å². The van der Waals surface area contributed by atoms with Crippen molar-refractivity contribution in [2.24, 2.45) is 0 Å². The van der Waals surface area contributed by atoms with Gasteiger partial charge in [-0.25, -0.2) is 18.0 Å². The number of benzene rings is 1. The van der Waals surface area contributed by atoms with Crippen molar-refractivity contribution < 1.29 is 27.9 Å². The smallest absolute Gasteiger partial charge is 0.369 e. The van der Waals surface area contributed by atoms with Crippen molar-refractivity contribution in [2.45, 2.75) is 28.9 Å². The number of carboxylic acids is 1. The molecule has 10 nitrogen and oxygen atoms in total. The van der Waals surface area contributed by atoms with Gasteiger partial charge in [-0.15, -0.1) is 0 Å². The molecule has 1 aliphatic carbocycles. The molecule has 0 spiro atoms. The fourth-order valence-electron chi connectivity index (χ4n) is 2.32. The van der Waals surface area contributed by atoms with Gasteiger partial charge in [0.2, 0.25) is 10.0 Å². The average molecular weight is 388 g/mol. The number of carboxylic acid groups (broad SMARTS) is 1. The minimum absolute atomic E-state index is 0.0541. The van der Waals surface area contributed by atoms with E-state index in [-0.39, 0.29) is 23.3 Å². The second-order valence-corrected chi connectivity index (χ2v) is 7.71. The van der Waals surface area contributed by atoms with Crippen LogP contribution in [0, 0.1) is 34.0 Å². The highest BCUT2D eigenvalue weighted by molar-refractivity contribution is 7.89. The Balaban J connectivity index is 2.38. The van der Waals surface area contributed by atoms with Crippen LogP contribution in [0.5, 0.6) is 0 Å². The van der Waals surface area contributed by atoms with Gasteiger partial charge in [0.05, 0.1) is 10.5 Å². The molecule has 0 bridgehead atoms. The monoisotopic (exact) mass is 388 g/mol. The molecule has 0 amide bonds. The van der Waals surface area contributed by atoms with Crippen LogP contribution in [-0.2, 0) is 19.6 Å². The topological polar surface area (TPSA) is 172 Å². The fraction of sp³-hybridized carbons (Fsp3) is 0.312. The van der Waals surface area contributed by atoms with Gasteiger partial charge in [0.1, 0.15) is 23.7 Å². The van der Waals surface area contributed by atoms with Crippen LogP contribution >= 0.6 is 0 Å². The Morgan fingerprint density at radius 3 is 2.22 bits per heavy atom. The Hall–Kier alpha value is -3.46. The van der Waals surface area contributed by atoms with E-state index >= 15 is 0 Å². The predicted octanol–water partition coefficient (Wildman–Crippen LogP) is 0.391. The summed E-state index contributed by atoms with van der Waals surface area (Å²) < 4.78 is 31.0. The van der Waals surface area contributed by atoms with E-state index in [1.54, 1.807) is 0 Å². The summed E-state index contributed by atoms with van der Waals surface area (Å²) in [7, 11) is -3.19. The van der Waals surface area contributed by atoms with E-state index in [4.69, 9.17) is 25.6 Å². The number of ether oxygens (including phenoxy) is 1. The largest absolute Gasteiger partial charge is 0.478 e. The summed E-state index contributed by atoms with van der Waals surface area (Å²) >= 11 is 0. The summed E-state index contributed by atoms with van der Waals surface area (Å²) in [5.74, 6) is -2.52. The quantitative estimate of drug-likeness (QED) is 0.676. The van der Waals surface area contributed by atoms with Gasteiger partial charge in [-0.3, -0.25) is 0 Å². The van der Waals surface area contributed by atoms with Crippen LogP contribution in [-0.4, -0.2) is 48.0 Å². The highest BCUT2D eigenvalue weighted by Crippen LogP contribution is 2.45. The van der Waals surface area contributed by atoms with Crippen molar-refractivity contribution >= 4 is 22.0 Å².